The van der Waals surface area contributed by atoms with Crippen molar-refractivity contribution in [2.24, 2.45) is 0 Å². The maximum Gasteiger partial charge on any atom is 0.248 e. The van der Waals surface area contributed by atoms with Gasteiger partial charge in [0.15, 0.2) is 0 Å². The molecule has 1 aromatic carbocycles. The molecule has 0 bridgehead atoms. The summed E-state index contributed by atoms with van der Waals surface area (Å²) in [6.45, 7) is 18.4. The van der Waals surface area contributed by atoms with Crippen molar-refractivity contribution in [2.45, 2.75) is 47.5 Å². The molecular formula is C25H34ClN3O. The number of nitrogens with one attached hydrogen (secondary N) is 2. The summed E-state index contributed by atoms with van der Waals surface area (Å²) >= 11 is 5.87. The summed E-state index contributed by atoms with van der Waals surface area (Å²) in [7, 11) is 0. The van der Waals surface area contributed by atoms with E-state index in [4.69, 9.17) is 17.3 Å². The van der Waals surface area contributed by atoms with Gasteiger partial charge in [-0.05, 0) is 63.0 Å². The summed E-state index contributed by atoms with van der Waals surface area (Å²) in [6, 6.07) is 3.69. The largest absolute Gasteiger partial charge is 0.398 e. The Bertz CT molecular complexity index is 907. The minimum absolute atomic E-state index is 0.0344. The van der Waals surface area contributed by atoms with Crippen LogP contribution in [0.15, 0.2) is 66.1 Å². The first-order valence-corrected chi connectivity index (χ1v) is 10.5. The van der Waals surface area contributed by atoms with Crippen molar-refractivity contribution in [3.8, 4) is 0 Å². The number of hydrogen-bond donors (Lipinski definition) is 3. The lowest BCUT2D eigenvalue weighted by atomic mass is 10.0. The van der Waals surface area contributed by atoms with Gasteiger partial charge in [-0.1, -0.05) is 49.9 Å². The molecule has 0 aliphatic carbocycles. The van der Waals surface area contributed by atoms with Crippen molar-refractivity contribution in [1.82, 2.24) is 10.6 Å². The monoisotopic (exact) mass is 427 g/mol. The number of allylic oxidation sites excluding steroid dienone is 4. The molecule has 1 aliphatic rings. The molecule has 0 radical (unpaired) electrons. The van der Waals surface area contributed by atoms with Gasteiger partial charge >= 0.3 is 0 Å². The summed E-state index contributed by atoms with van der Waals surface area (Å²) in [5.74, 6) is 0.0344. The number of nitrogens with two attached hydrogens (primary N) is 1. The van der Waals surface area contributed by atoms with Gasteiger partial charge in [0.1, 0.15) is 0 Å². The van der Waals surface area contributed by atoms with E-state index in [1.54, 1.807) is 0 Å². The second kappa shape index (κ2) is 12.1. The summed E-state index contributed by atoms with van der Waals surface area (Å²) in [6.07, 6.45) is 7.55. The van der Waals surface area contributed by atoms with E-state index in [1.807, 2.05) is 65.0 Å². The van der Waals surface area contributed by atoms with Crippen LogP contribution in [0.1, 0.15) is 51.7 Å². The first-order chi connectivity index (χ1) is 14.2. The summed E-state index contributed by atoms with van der Waals surface area (Å²) in [5.41, 5.74) is 13.2. The van der Waals surface area contributed by atoms with Gasteiger partial charge in [-0.3, -0.25) is 4.79 Å². The van der Waals surface area contributed by atoms with Crippen LogP contribution in [-0.4, -0.2) is 12.5 Å². The number of amides is 1. The van der Waals surface area contributed by atoms with Gasteiger partial charge in [0.2, 0.25) is 5.91 Å². The lowest BCUT2D eigenvalue weighted by Crippen LogP contribution is -2.35. The molecule has 1 heterocycles. The van der Waals surface area contributed by atoms with Gasteiger partial charge in [-0.2, -0.15) is 0 Å². The first kappa shape index (κ1) is 25.3. The molecule has 1 amide bonds. The Morgan fingerprint density at radius 2 is 2.00 bits per heavy atom. The molecular weight excluding hydrogens is 394 g/mol. The van der Waals surface area contributed by atoms with Crippen LogP contribution >= 0.6 is 11.6 Å². The molecule has 5 heteroatoms. The zero-order valence-corrected chi connectivity index (χ0v) is 19.5. The van der Waals surface area contributed by atoms with Gasteiger partial charge in [-0.25, -0.2) is 0 Å². The fraction of sp³-hybridized carbons (Fsp3) is 0.320. The van der Waals surface area contributed by atoms with E-state index in [1.165, 1.54) is 0 Å². The quantitative estimate of drug-likeness (QED) is 0.381. The molecule has 30 heavy (non-hydrogen) atoms. The SMILES string of the molecule is C=C(C)c1cc(Cl)cc(C)c1N.C=C(NC1=C(CC)C(=O)NCC1)C(/C=C\C)=C\C. The molecule has 0 fully saturated rings. The minimum Gasteiger partial charge on any atom is -0.398 e. The van der Waals surface area contributed by atoms with E-state index in [0.29, 0.717) is 11.6 Å². The predicted octanol–water partition coefficient (Wildman–Crippen LogP) is 6.06. The number of nitrogen functional groups attached to an aromatic ring is 1. The van der Waals surface area contributed by atoms with E-state index < -0.39 is 0 Å². The molecule has 0 spiro atoms. The Hall–Kier alpha value is -2.72. The standard InChI is InChI=1S/C15H22N2O.C10H12ClN/c1-5-8-12(6-2)11(4)17-14-9-10-16-15(18)13(14)7-3;1-6(2)9-5-8(11)4-7(3)10(9)12/h5-6,8,17H,4,7,9-10H2,1-3H3,(H,16,18);4-5H,1,12H2,2-3H3/b8-5-,12-6-;. The summed E-state index contributed by atoms with van der Waals surface area (Å²) in [4.78, 5) is 11.7. The lowest BCUT2D eigenvalue weighted by Gasteiger charge is -2.22. The number of rotatable bonds is 6. The molecule has 0 saturated heterocycles. The average Bonchev–Trinajstić information content (AvgIpc) is 2.69. The number of anilines is 1. The molecule has 0 aromatic heterocycles. The molecule has 4 nitrogen and oxygen atoms in total. The van der Waals surface area contributed by atoms with Crippen LogP contribution < -0.4 is 16.4 Å². The third-order valence-electron chi connectivity index (χ3n) is 4.77. The van der Waals surface area contributed by atoms with Gasteiger partial charge in [0, 0.05) is 46.2 Å². The molecule has 0 saturated carbocycles. The van der Waals surface area contributed by atoms with Crippen LogP contribution in [0.25, 0.3) is 5.57 Å². The average molecular weight is 428 g/mol. The van der Waals surface area contributed by atoms with E-state index in [-0.39, 0.29) is 5.91 Å². The second-order valence-electron chi connectivity index (χ2n) is 7.13. The van der Waals surface area contributed by atoms with Crippen molar-refractivity contribution in [3.63, 3.8) is 0 Å². The Labute approximate surface area is 186 Å². The Morgan fingerprint density at radius 3 is 2.53 bits per heavy atom. The van der Waals surface area contributed by atoms with E-state index in [9.17, 15) is 4.79 Å². The van der Waals surface area contributed by atoms with Gasteiger partial charge in [-0.15, -0.1) is 0 Å². The van der Waals surface area contributed by atoms with Gasteiger partial charge in [0.25, 0.3) is 0 Å². The van der Waals surface area contributed by atoms with Crippen LogP contribution in [-0.2, 0) is 4.79 Å². The van der Waals surface area contributed by atoms with Gasteiger partial charge < -0.3 is 16.4 Å². The van der Waals surface area contributed by atoms with Crippen LogP contribution in [0, 0.1) is 6.92 Å². The highest BCUT2D eigenvalue weighted by molar-refractivity contribution is 6.31. The number of hydrogen-bond acceptors (Lipinski definition) is 3. The zero-order valence-electron chi connectivity index (χ0n) is 18.8. The third kappa shape index (κ3) is 6.96. The summed E-state index contributed by atoms with van der Waals surface area (Å²) < 4.78 is 0. The highest BCUT2D eigenvalue weighted by Gasteiger charge is 2.18. The number of aryl methyl sites for hydroxylation is 1. The highest BCUT2D eigenvalue weighted by atomic mass is 35.5. The fourth-order valence-electron chi connectivity index (χ4n) is 3.12. The van der Waals surface area contributed by atoms with E-state index in [0.717, 1.165) is 57.8 Å². The minimum atomic E-state index is 0.0344. The number of carbonyl (C=O) groups excluding carboxylic acids is 1. The molecule has 4 N–H and O–H groups in total. The predicted molar refractivity (Wildman–Crippen MR) is 131 cm³/mol. The fourth-order valence-corrected chi connectivity index (χ4v) is 3.39. The van der Waals surface area contributed by atoms with Crippen molar-refractivity contribution in [2.75, 3.05) is 12.3 Å². The maximum absolute atomic E-state index is 11.7. The van der Waals surface area contributed by atoms with Crippen LogP contribution in [0.2, 0.25) is 5.02 Å². The molecule has 1 aliphatic heterocycles. The smallest absolute Gasteiger partial charge is 0.248 e. The molecule has 2 rings (SSSR count). The molecule has 162 valence electrons. The van der Waals surface area contributed by atoms with E-state index >= 15 is 0 Å². The normalized spacial score (nSPS) is 14.2. The number of benzene rings is 1. The topological polar surface area (TPSA) is 67.1 Å². The van der Waals surface area contributed by atoms with Crippen molar-refractivity contribution < 1.29 is 4.79 Å². The second-order valence-corrected chi connectivity index (χ2v) is 7.56. The Kier molecular flexibility index (Phi) is 10.2. The van der Waals surface area contributed by atoms with Crippen molar-refractivity contribution >= 4 is 28.8 Å². The molecule has 0 atom stereocenters. The van der Waals surface area contributed by atoms with Crippen LogP contribution in [0.4, 0.5) is 5.69 Å². The third-order valence-corrected chi connectivity index (χ3v) is 4.99. The number of carbonyl (C=O) groups is 1. The maximum atomic E-state index is 11.7. The Morgan fingerprint density at radius 1 is 1.33 bits per heavy atom. The molecule has 1 aromatic rings. The zero-order chi connectivity index (χ0) is 22.8. The Balaban J connectivity index is 0.000000325. The lowest BCUT2D eigenvalue weighted by molar-refractivity contribution is -0.118. The highest BCUT2D eigenvalue weighted by Crippen LogP contribution is 2.27. The van der Waals surface area contributed by atoms with Crippen LogP contribution in [0.5, 0.6) is 0 Å². The van der Waals surface area contributed by atoms with Crippen molar-refractivity contribution in [1.29, 1.82) is 0 Å². The number of halogens is 1. The van der Waals surface area contributed by atoms with Crippen molar-refractivity contribution in [3.05, 3.63) is 82.2 Å². The first-order valence-electron chi connectivity index (χ1n) is 10.1. The van der Waals surface area contributed by atoms with Crippen LogP contribution in [0.3, 0.4) is 0 Å². The molecule has 0 unspecified atom stereocenters. The van der Waals surface area contributed by atoms with E-state index in [2.05, 4.69) is 23.8 Å². The summed E-state index contributed by atoms with van der Waals surface area (Å²) in [5, 5.41) is 6.86. The van der Waals surface area contributed by atoms with Gasteiger partial charge in [0.05, 0.1) is 0 Å².